The molecule has 2 unspecified atom stereocenters. The average Bonchev–Trinajstić information content (AvgIpc) is 2.79. The van der Waals surface area contributed by atoms with E-state index in [-0.39, 0.29) is 12.0 Å². The van der Waals surface area contributed by atoms with Crippen molar-refractivity contribution in [3.63, 3.8) is 0 Å². The van der Waals surface area contributed by atoms with Gasteiger partial charge in [0.15, 0.2) is 11.5 Å². The van der Waals surface area contributed by atoms with Gasteiger partial charge in [-0.2, -0.15) is 0 Å². The highest BCUT2D eigenvalue weighted by Crippen LogP contribution is 2.39. The van der Waals surface area contributed by atoms with E-state index in [4.69, 9.17) is 9.47 Å². The van der Waals surface area contributed by atoms with E-state index in [0.717, 1.165) is 24.9 Å². The van der Waals surface area contributed by atoms with Gasteiger partial charge in [0.05, 0.1) is 26.2 Å². The lowest BCUT2D eigenvalue weighted by molar-refractivity contribution is -0.143. The third kappa shape index (κ3) is 3.85. The smallest absolute Gasteiger partial charge is 0.307 e. The van der Waals surface area contributed by atoms with Crippen LogP contribution in [0, 0.1) is 5.92 Å². The quantitative estimate of drug-likeness (QED) is 0.642. The summed E-state index contributed by atoms with van der Waals surface area (Å²) in [6, 6.07) is 20.6. The number of carboxylic acids is 1. The number of methoxy groups -OCH3 is 2. The Morgan fingerprint density at radius 3 is 2.57 bits per heavy atom. The molecule has 30 heavy (non-hydrogen) atoms. The SMILES string of the molecule is COc1ccc(C(c2cccc3ccccc23)N2CCCC(C(=O)O)C2)cc1OC. The molecule has 1 N–H and O–H groups in total. The molecule has 1 saturated heterocycles. The fraction of sp³-hybridized carbons (Fsp3) is 0.320. The second-order valence-electron chi connectivity index (χ2n) is 7.76. The van der Waals surface area contributed by atoms with Crippen molar-refractivity contribution in [2.45, 2.75) is 18.9 Å². The predicted molar refractivity (Wildman–Crippen MR) is 117 cm³/mol. The number of nitrogens with zero attached hydrogens (tertiary/aromatic N) is 1. The fourth-order valence-electron chi connectivity index (χ4n) is 4.54. The number of benzene rings is 3. The summed E-state index contributed by atoms with van der Waals surface area (Å²) >= 11 is 0. The lowest BCUT2D eigenvalue weighted by Gasteiger charge is -2.38. The lowest BCUT2D eigenvalue weighted by atomic mass is 9.89. The first kappa shape index (κ1) is 20.2. The minimum atomic E-state index is -0.719. The van der Waals surface area contributed by atoms with Crippen LogP contribution in [0.15, 0.2) is 60.7 Å². The van der Waals surface area contributed by atoms with Gasteiger partial charge in [-0.05, 0) is 53.4 Å². The molecule has 0 aliphatic carbocycles. The molecular formula is C25H27NO4. The molecular weight excluding hydrogens is 378 g/mol. The van der Waals surface area contributed by atoms with Crippen molar-refractivity contribution in [2.75, 3.05) is 27.3 Å². The Morgan fingerprint density at radius 2 is 1.80 bits per heavy atom. The molecule has 0 radical (unpaired) electrons. The molecule has 0 saturated carbocycles. The van der Waals surface area contributed by atoms with Gasteiger partial charge in [-0.3, -0.25) is 9.69 Å². The van der Waals surface area contributed by atoms with Crippen molar-refractivity contribution in [2.24, 2.45) is 5.92 Å². The van der Waals surface area contributed by atoms with E-state index in [1.165, 1.54) is 16.3 Å². The first-order chi connectivity index (χ1) is 14.6. The van der Waals surface area contributed by atoms with Crippen molar-refractivity contribution < 1.29 is 19.4 Å². The topological polar surface area (TPSA) is 59.0 Å². The zero-order valence-corrected chi connectivity index (χ0v) is 17.4. The van der Waals surface area contributed by atoms with Crippen LogP contribution in [0.5, 0.6) is 11.5 Å². The summed E-state index contributed by atoms with van der Waals surface area (Å²) < 4.78 is 11.0. The van der Waals surface area contributed by atoms with Gasteiger partial charge in [-0.15, -0.1) is 0 Å². The Hall–Kier alpha value is -3.05. The Morgan fingerprint density at radius 1 is 1.03 bits per heavy atom. The molecule has 2 atom stereocenters. The number of rotatable bonds is 6. The molecule has 5 heteroatoms. The van der Waals surface area contributed by atoms with Gasteiger partial charge in [0, 0.05) is 6.54 Å². The number of likely N-dealkylation sites (tertiary alicyclic amines) is 1. The summed E-state index contributed by atoms with van der Waals surface area (Å²) in [5.74, 6) is 0.284. The second-order valence-corrected chi connectivity index (χ2v) is 7.76. The molecule has 0 spiro atoms. The molecule has 1 aliphatic heterocycles. The van der Waals surface area contributed by atoms with Gasteiger partial charge < -0.3 is 14.6 Å². The molecule has 156 valence electrons. The van der Waals surface area contributed by atoms with E-state index < -0.39 is 5.97 Å². The van der Waals surface area contributed by atoms with E-state index in [9.17, 15) is 9.90 Å². The summed E-state index contributed by atoms with van der Waals surface area (Å²) in [5, 5.41) is 12.0. The summed E-state index contributed by atoms with van der Waals surface area (Å²) in [4.78, 5) is 14.0. The highest BCUT2D eigenvalue weighted by molar-refractivity contribution is 5.86. The maximum Gasteiger partial charge on any atom is 0.307 e. The van der Waals surface area contributed by atoms with Crippen molar-refractivity contribution in [3.05, 3.63) is 71.8 Å². The van der Waals surface area contributed by atoms with Crippen LogP contribution in [0.4, 0.5) is 0 Å². The number of fused-ring (bicyclic) bond motifs is 1. The van der Waals surface area contributed by atoms with Crippen LogP contribution in [0.3, 0.4) is 0 Å². The minimum Gasteiger partial charge on any atom is -0.493 e. The number of hydrogen-bond donors (Lipinski definition) is 1. The number of ether oxygens (including phenoxy) is 2. The van der Waals surface area contributed by atoms with Crippen LogP contribution in [0.2, 0.25) is 0 Å². The molecule has 1 heterocycles. The standard InChI is InChI=1S/C25H27NO4/c1-29-22-13-12-18(15-23(22)30-2)24(26-14-6-9-19(16-26)25(27)28)21-11-5-8-17-7-3-4-10-20(17)21/h3-5,7-8,10-13,15,19,24H,6,9,14,16H2,1-2H3,(H,27,28). The Labute approximate surface area is 176 Å². The van der Waals surface area contributed by atoms with Crippen molar-refractivity contribution in [1.82, 2.24) is 4.90 Å². The number of hydrogen-bond acceptors (Lipinski definition) is 4. The maximum absolute atomic E-state index is 11.7. The van der Waals surface area contributed by atoms with Crippen LogP contribution in [-0.2, 0) is 4.79 Å². The normalized spacial score (nSPS) is 18.1. The number of aliphatic carboxylic acids is 1. The highest BCUT2D eigenvalue weighted by Gasteiger charge is 2.32. The molecule has 3 aromatic rings. The van der Waals surface area contributed by atoms with Crippen LogP contribution in [0.25, 0.3) is 10.8 Å². The Balaban J connectivity index is 1.86. The second kappa shape index (κ2) is 8.76. The van der Waals surface area contributed by atoms with Gasteiger partial charge in [-0.1, -0.05) is 48.5 Å². The van der Waals surface area contributed by atoms with E-state index in [0.29, 0.717) is 18.0 Å². The van der Waals surface area contributed by atoms with E-state index in [1.807, 2.05) is 24.3 Å². The largest absolute Gasteiger partial charge is 0.493 e. The molecule has 0 aromatic heterocycles. The number of carbonyl (C=O) groups is 1. The summed E-state index contributed by atoms with van der Waals surface area (Å²) in [7, 11) is 3.26. The molecule has 3 aromatic carbocycles. The Kier molecular flexibility index (Phi) is 5.91. The third-order valence-corrected chi connectivity index (χ3v) is 6.01. The average molecular weight is 405 g/mol. The van der Waals surface area contributed by atoms with Crippen LogP contribution < -0.4 is 9.47 Å². The van der Waals surface area contributed by atoms with Crippen molar-refractivity contribution in [1.29, 1.82) is 0 Å². The summed E-state index contributed by atoms with van der Waals surface area (Å²) in [5.41, 5.74) is 2.24. The van der Waals surface area contributed by atoms with Crippen molar-refractivity contribution in [3.8, 4) is 11.5 Å². The number of carboxylic acid groups (broad SMARTS) is 1. The first-order valence-corrected chi connectivity index (χ1v) is 10.3. The molecule has 1 aliphatic rings. The summed E-state index contributed by atoms with van der Waals surface area (Å²) in [6.45, 7) is 1.38. The van der Waals surface area contributed by atoms with Gasteiger partial charge >= 0.3 is 5.97 Å². The van der Waals surface area contributed by atoms with Gasteiger partial charge in [0.25, 0.3) is 0 Å². The minimum absolute atomic E-state index is 0.0712. The highest BCUT2D eigenvalue weighted by atomic mass is 16.5. The third-order valence-electron chi connectivity index (χ3n) is 6.01. The monoisotopic (exact) mass is 405 g/mol. The van der Waals surface area contributed by atoms with Gasteiger partial charge in [0.2, 0.25) is 0 Å². The van der Waals surface area contributed by atoms with E-state index >= 15 is 0 Å². The van der Waals surface area contributed by atoms with Crippen LogP contribution in [0.1, 0.15) is 30.0 Å². The predicted octanol–water partition coefficient (Wildman–Crippen LogP) is 4.74. The van der Waals surface area contributed by atoms with Gasteiger partial charge in [-0.25, -0.2) is 0 Å². The molecule has 4 rings (SSSR count). The fourth-order valence-corrected chi connectivity index (χ4v) is 4.54. The maximum atomic E-state index is 11.7. The van der Waals surface area contributed by atoms with Gasteiger partial charge in [0.1, 0.15) is 0 Å². The molecule has 5 nitrogen and oxygen atoms in total. The first-order valence-electron chi connectivity index (χ1n) is 10.3. The molecule has 1 fully saturated rings. The Bertz CT molecular complexity index is 1040. The van der Waals surface area contributed by atoms with Crippen molar-refractivity contribution >= 4 is 16.7 Å². The van der Waals surface area contributed by atoms with E-state index in [2.05, 4.69) is 41.3 Å². The van der Waals surface area contributed by atoms with Crippen LogP contribution in [-0.4, -0.2) is 43.3 Å². The zero-order valence-electron chi connectivity index (χ0n) is 17.4. The van der Waals surface area contributed by atoms with Crippen LogP contribution >= 0.6 is 0 Å². The van der Waals surface area contributed by atoms with E-state index in [1.54, 1.807) is 14.2 Å². The zero-order chi connectivity index (χ0) is 21.1. The summed E-state index contributed by atoms with van der Waals surface area (Å²) in [6.07, 6.45) is 1.59. The number of piperidine rings is 1. The lowest BCUT2D eigenvalue weighted by Crippen LogP contribution is -2.41. The molecule has 0 bridgehead atoms. The molecule has 0 amide bonds.